The summed E-state index contributed by atoms with van der Waals surface area (Å²) in [5.74, 6) is -0.950. The lowest BCUT2D eigenvalue weighted by molar-refractivity contribution is -0.140. The summed E-state index contributed by atoms with van der Waals surface area (Å²) in [6.45, 7) is 0. The number of nitrogens with one attached hydrogen (secondary N) is 1. The zero-order chi connectivity index (χ0) is 9.47. The molecule has 1 spiro atoms. The monoisotopic (exact) mass is 183 g/mol. The zero-order valence-electron chi connectivity index (χ0n) is 7.38. The van der Waals surface area contributed by atoms with Crippen LogP contribution in [0.25, 0.3) is 0 Å². The molecule has 0 unspecified atom stereocenters. The minimum absolute atomic E-state index is 0.0441. The van der Waals surface area contributed by atoms with E-state index in [1.165, 1.54) is 0 Å². The van der Waals surface area contributed by atoms with E-state index in [0.29, 0.717) is 6.42 Å². The summed E-state index contributed by atoms with van der Waals surface area (Å²) in [5, 5.41) is 11.3. The second-order valence-corrected chi connectivity index (χ2v) is 4.06. The molecule has 0 radical (unpaired) electrons. The van der Waals surface area contributed by atoms with Gasteiger partial charge in [-0.05, 0) is 19.3 Å². The van der Waals surface area contributed by atoms with Gasteiger partial charge in [0.15, 0.2) is 0 Å². The van der Waals surface area contributed by atoms with Crippen molar-refractivity contribution in [1.82, 2.24) is 5.32 Å². The largest absolute Gasteiger partial charge is 0.480 e. The second kappa shape index (κ2) is 2.72. The number of hydrogen-bond acceptors (Lipinski definition) is 2. The first-order valence-corrected chi connectivity index (χ1v) is 4.68. The number of carboxylic acids is 1. The van der Waals surface area contributed by atoms with Crippen molar-refractivity contribution in [2.24, 2.45) is 5.41 Å². The van der Waals surface area contributed by atoms with E-state index in [-0.39, 0.29) is 11.3 Å². The zero-order valence-corrected chi connectivity index (χ0v) is 7.38. The number of rotatable bonds is 1. The normalized spacial score (nSPS) is 30.8. The van der Waals surface area contributed by atoms with Crippen LogP contribution in [0.5, 0.6) is 0 Å². The van der Waals surface area contributed by atoms with E-state index in [9.17, 15) is 9.59 Å². The smallest absolute Gasteiger partial charge is 0.326 e. The quantitative estimate of drug-likeness (QED) is 0.622. The fourth-order valence-electron chi connectivity index (χ4n) is 2.48. The maximum absolute atomic E-state index is 11.5. The first kappa shape index (κ1) is 8.53. The highest BCUT2D eigenvalue weighted by molar-refractivity contribution is 5.91. The minimum atomic E-state index is -0.905. The van der Waals surface area contributed by atoms with Crippen LogP contribution in [0.2, 0.25) is 0 Å². The van der Waals surface area contributed by atoms with E-state index >= 15 is 0 Å². The number of carboxylic acid groups (broad SMARTS) is 1. The van der Waals surface area contributed by atoms with Crippen LogP contribution < -0.4 is 5.32 Å². The first-order chi connectivity index (χ1) is 6.14. The Kier molecular flexibility index (Phi) is 1.78. The summed E-state index contributed by atoms with van der Waals surface area (Å²) in [6.07, 6.45) is 4.33. The Hall–Kier alpha value is -1.06. The molecular weight excluding hydrogens is 170 g/mol. The average molecular weight is 183 g/mol. The van der Waals surface area contributed by atoms with Gasteiger partial charge in [0.2, 0.25) is 5.91 Å². The van der Waals surface area contributed by atoms with Gasteiger partial charge in [-0.3, -0.25) is 4.79 Å². The van der Waals surface area contributed by atoms with Gasteiger partial charge in [-0.1, -0.05) is 12.8 Å². The van der Waals surface area contributed by atoms with Gasteiger partial charge in [0.1, 0.15) is 6.04 Å². The molecule has 0 aromatic heterocycles. The van der Waals surface area contributed by atoms with Gasteiger partial charge >= 0.3 is 5.97 Å². The second-order valence-electron chi connectivity index (χ2n) is 4.06. The molecule has 1 atom stereocenters. The summed E-state index contributed by atoms with van der Waals surface area (Å²) < 4.78 is 0. The van der Waals surface area contributed by atoms with Crippen LogP contribution >= 0.6 is 0 Å². The lowest BCUT2D eigenvalue weighted by atomic mass is 9.83. The van der Waals surface area contributed by atoms with Crippen LogP contribution in [-0.2, 0) is 9.59 Å². The van der Waals surface area contributed by atoms with Crippen LogP contribution in [0.4, 0.5) is 0 Å². The molecule has 1 aliphatic carbocycles. The molecular formula is C9H13NO3. The molecule has 72 valence electrons. The Morgan fingerprint density at radius 2 is 2.08 bits per heavy atom. The highest BCUT2D eigenvalue weighted by Crippen LogP contribution is 2.45. The average Bonchev–Trinajstić information content (AvgIpc) is 2.63. The van der Waals surface area contributed by atoms with Crippen LogP contribution in [0.15, 0.2) is 0 Å². The van der Waals surface area contributed by atoms with Crippen molar-refractivity contribution in [1.29, 1.82) is 0 Å². The summed E-state index contributed by atoms with van der Waals surface area (Å²) >= 11 is 0. The van der Waals surface area contributed by atoms with Gasteiger partial charge in [0.05, 0.1) is 5.41 Å². The predicted octanol–water partition coefficient (Wildman–Crippen LogP) is 0.520. The Labute approximate surface area is 76.3 Å². The molecule has 0 aromatic rings. The first-order valence-electron chi connectivity index (χ1n) is 4.68. The van der Waals surface area contributed by atoms with E-state index < -0.39 is 12.0 Å². The van der Waals surface area contributed by atoms with Crippen molar-refractivity contribution in [2.75, 3.05) is 0 Å². The topological polar surface area (TPSA) is 66.4 Å². The van der Waals surface area contributed by atoms with E-state index in [1.54, 1.807) is 0 Å². The molecule has 1 saturated carbocycles. The van der Waals surface area contributed by atoms with Crippen molar-refractivity contribution in [3.05, 3.63) is 0 Å². The van der Waals surface area contributed by atoms with Crippen LogP contribution in [0, 0.1) is 5.41 Å². The van der Waals surface area contributed by atoms with Crippen LogP contribution in [-0.4, -0.2) is 23.0 Å². The fourth-order valence-corrected chi connectivity index (χ4v) is 2.48. The summed E-state index contributed by atoms with van der Waals surface area (Å²) in [4.78, 5) is 22.2. The maximum atomic E-state index is 11.5. The molecule has 2 fully saturated rings. The third kappa shape index (κ3) is 1.20. The Balaban J connectivity index is 2.15. The van der Waals surface area contributed by atoms with Gasteiger partial charge in [0.25, 0.3) is 0 Å². The third-order valence-corrected chi connectivity index (χ3v) is 3.24. The van der Waals surface area contributed by atoms with E-state index in [4.69, 9.17) is 5.11 Å². The van der Waals surface area contributed by atoms with Crippen molar-refractivity contribution >= 4 is 11.9 Å². The van der Waals surface area contributed by atoms with Gasteiger partial charge in [-0.2, -0.15) is 0 Å². The molecule has 4 heteroatoms. The lowest BCUT2D eigenvalue weighted by Gasteiger charge is -2.17. The van der Waals surface area contributed by atoms with Gasteiger partial charge in [-0.15, -0.1) is 0 Å². The van der Waals surface area contributed by atoms with E-state index in [2.05, 4.69) is 5.32 Å². The number of amides is 1. The van der Waals surface area contributed by atoms with Crippen molar-refractivity contribution in [3.63, 3.8) is 0 Å². The van der Waals surface area contributed by atoms with Crippen LogP contribution in [0.3, 0.4) is 0 Å². The number of hydrogen-bond donors (Lipinski definition) is 2. The standard InChI is InChI=1S/C9H13NO3/c11-7(12)6-5-9(8(13)10-6)3-1-2-4-9/h6H,1-5H2,(H,10,13)(H,11,12)/t6-/m0/s1. The summed E-state index contributed by atoms with van der Waals surface area (Å²) in [5.41, 5.74) is -0.330. The molecule has 2 N–H and O–H groups in total. The fraction of sp³-hybridized carbons (Fsp3) is 0.778. The van der Waals surface area contributed by atoms with Crippen molar-refractivity contribution < 1.29 is 14.7 Å². The van der Waals surface area contributed by atoms with Crippen LogP contribution in [0.1, 0.15) is 32.1 Å². The predicted molar refractivity (Wildman–Crippen MR) is 45.1 cm³/mol. The molecule has 2 aliphatic rings. The Morgan fingerprint density at radius 3 is 2.54 bits per heavy atom. The summed E-state index contributed by atoms with van der Waals surface area (Å²) in [6, 6.07) is -0.648. The highest BCUT2D eigenvalue weighted by Gasteiger charge is 2.50. The number of carbonyl (C=O) groups excluding carboxylic acids is 1. The van der Waals surface area contributed by atoms with E-state index in [1.807, 2.05) is 0 Å². The molecule has 2 rings (SSSR count). The number of carbonyl (C=O) groups is 2. The molecule has 1 saturated heterocycles. The van der Waals surface area contributed by atoms with Gasteiger partial charge < -0.3 is 10.4 Å². The highest BCUT2D eigenvalue weighted by atomic mass is 16.4. The summed E-state index contributed by atoms with van der Waals surface area (Å²) in [7, 11) is 0. The van der Waals surface area contributed by atoms with E-state index in [0.717, 1.165) is 25.7 Å². The molecule has 1 heterocycles. The van der Waals surface area contributed by atoms with Crippen molar-refractivity contribution in [3.8, 4) is 0 Å². The van der Waals surface area contributed by atoms with Crippen molar-refractivity contribution in [2.45, 2.75) is 38.1 Å². The third-order valence-electron chi connectivity index (χ3n) is 3.24. The number of aliphatic carboxylic acids is 1. The SMILES string of the molecule is O=C(O)[C@@H]1CC2(CCCC2)C(=O)N1. The molecule has 0 bridgehead atoms. The molecule has 0 aromatic carbocycles. The molecule has 1 aliphatic heterocycles. The molecule has 13 heavy (non-hydrogen) atoms. The molecule has 4 nitrogen and oxygen atoms in total. The maximum Gasteiger partial charge on any atom is 0.326 e. The van der Waals surface area contributed by atoms with Gasteiger partial charge in [0, 0.05) is 0 Å². The Morgan fingerprint density at radius 1 is 1.46 bits per heavy atom. The van der Waals surface area contributed by atoms with Gasteiger partial charge in [-0.25, -0.2) is 4.79 Å². The molecule has 1 amide bonds. The lowest BCUT2D eigenvalue weighted by Crippen LogP contribution is -2.33. The Bertz CT molecular complexity index is 256. The minimum Gasteiger partial charge on any atom is -0.480 e.